The number of carbonyl (C=O) groups excluding carboxylic acids is 2. The SMILES string of the molecule is C[C@H](/C=C1\CCOC1=O)[C@H]1CCC2C3CCC4=CC(=O)CC[C@]4(C)C3CC[C@@]21C. The zero-order valence-corrected chi connectivity index (χ0v) is 18.3. The van der Waals surface area contributed by atoms with Crippen LogP contribution in [0.3, 0.4) is 0 Å². The largest absolute Gasteiger partial charge is 0.462 e. The van der Waals surface area contributed by atoms with Crippen LogP contribution in [0, 0.1) is 40.4 Å². The van der Waals surface area contributed by atoms with E-state index in [4.69, 9.17) is 4.74 Å². The van der Waals surface area contributed by atoms with Gasteiger partial charge >= 0.3 is 5.97 Å². The Labute approximate surface area is 175 Å². The maximum absolute atomic E-state index is 12.0. The molecule has 5 rings (SSSR count). The van der Waals surface area contributed by atoms with Gasteiger partial charge in [0.15, 0.2) is 5.78 Å². The molecule has 0 amide bonds. The van der Waals surface area contributed by atoms with Crippen molar-refractivity contribution in [3.63, 3.8) is 0 Å². The van der Waals surface area contributed by atoms with Crippen LogP contribution in [-0.2, 0) is 14.3 Å². The minimum absolute atomic E-state index is 0.0911. The summed E-state index contributed by atoms with van der Waals surface area (Å²) in [4.78, 5) is 24.0. The molecule has 0 spiro atoms. The van der Waals surface area contributed by atoms with Gasteiger partial charge in [0.05, 0.1) is 6.61 Å². The number of cyclic esters (lactones) is 1. The number of ether oxygens (including phenoxy) is 1. The van der Waals surface area contributed by atoms with Crippen molar-refractivity contribution >= 4 is 11.8 Å². The van der Waals surface area contributed by atoms with Crippen molar-refractivity contribution in [2.45, 2.75) is 78.6 Å². The molecule has 0 aromatic rings. The van der Waals surface area contributed by atoms with Crippen molar-refractivity contribution in [2.75, 3.05) is 6.61 Å². The summed E-state index contributed by atoms with van der Waals surface area (Å²) in [5.74, 6) is 3.75. The highest BCUT2D eigenvalue weighted by molar-refractivity contribution is 5.91. The lowest BCUT2D eigenvalue weighted by atomic mass is 9.46. The minimum Gasteiger partial charge on any atom is -0.462 e. The molecule has 0 bridgehead atoms. The van der Waals surface area contributed by atoms with Gasteiger partial charge in [0.25, 0.3) is 0 Å². The highest BCUT2D eigenvalue weighted by atomic mass is 16.5. The molecule has 3 nitrogen and oxygen atoms in total. The standard InChI is InChI=1S/C26H36O3/c1-16(14-17-10-13-29-24(17)28)21-6-7-22-20-5-4-18-15-19(27)8-11-25(18,2)23(20)9-12-26(21,22)3/h14-16,20-23H,4-13H2,1-3H3/b17-14+/t16-,20?,21-,22?,23?,25+,26-/m1/s1. The molecule has 3 heteroatoms. The fraction of sp³-hybridized carbons (Fsp3) is 0.769. The second-order valence-electron chi connectivity index (χ2n) is 11.1. The van der Waals surface area contributed by atoms with E-state index in [2.05, 4.69) is 26.8 Å². The van der Waals surface area contributed by atoms with Crippen LogP contribution in [0.1, 0.15) is 78.6 Å². The van der Waals surface area contributed by atoms with Crippen LogP contribution >= 0.6 is 0 Å². The van der Waals surface area contributed by atoms with Crippen LogP contribution in [0.4, 0.5) is 0 Å². The molecule has 0 radical (unpaired) electrons. The first-order chi connectivity index (χ1) is 13.8. The number of fused-ring (bicyclic) bond motifs is 5. The molecule has 5 aliphatic rings. The molecule has 0 aromatic carbocycles. The predicted molar refractivity (Wildman–Crippen MR) is 113 cm³/mol. The molecule has 7 atom stereocenters. The van der Waals surface area contributed by atoms with Crippen molar-refractivity contribution < 1.29 is 14.3 Å². The fourth-order valence-corrected chi connectivity index (χ4v) is 8.50. The smallest absolute Gasteiger partial charge is 0.333 e. The monoisotopic (exact) mass is 396 g/mol. The maximum Gasteiger partial charge on any atom is 0.333 e. The van der Waals surface area contributed by atoms with Crippen molar-refractivity contribution in [3.8, 4) is 0 Å². The Morgan fingerprint density at radius 2 is 1.86 bits per heavy atom. The first kappa shape index (κ1) is 19.6. The van der Waals surface area contributed by atoms with E-state index in [0.29, 0.717) is 29.6 Å². The average molecular weight is 397 g/mol. The second kappa shape index (κ2) is 6.82. The number of allylic oxidation sites excluding steroid dienone is 2. The number of ketones is 1. The van der Waals surface area contributed by atoms with E-state index in [-0.39, 0.29) is 11.4 Å². The molecule has 1 heterocycles. The third-order valence-electron chi connectivity index (χ3n) is 10.0. The Bertz CT molecular complexity index is 792. The van der Waals surface area contributed by atoms with E-state index in [9.17, 15) is 9.59 Å². The van der Waals surface area contributed by atoms with Crippen molar-refractivity contribution in [1.82, 2.24) is 0 Å². The summed E-state index contributed by atoms with van der Waals surface area (Å²) in [6.07, 6.45) is 14.5. The van der Waals surface area contributed by atoms with E-state index in [1.807, 2.05) is 6.08 Å². The molecule has 158 valence electrons. The third-order valence-corrected chi connectivity index (χ3v) is 10.0. The summed E-state index contributed by atoms with van der Waals surface area (Å²) < 4.78 is 5.16. The molecular weight excluding hydrogens is 360 g/mol. The van der Waals surface area contributed by atoms with Gasteiger partial charge in [-0.2, -0.15) is 0 Å². The van der Waals surface area contributed by atoms with E-state index < -0.39 is 0 Å². The summed E-state index contributed by atoms with van der Waals surface area (Å²) in [6.45, 7) is 7.92. The van der Waals surface area contributed by atoms with Gasteiger partial charge in [0.2, 0.25) is 0 Å². The summed E-state index contributed by atoms with van der Waals surface area (Å²) in [7, 11) is 0. The van der Waals surface area contributed by atoms with Crippen LogP contribution in [-0.4, -0.2) is 18.4 Å². The van der Waals surface area contributed by atoms with Crippen LogP contribution in [0.25, 0.3) is 0 Å². The number of carbonyl (C=O) groups is 2. The summed E-state index contributed by atoms with van der Waals surface area (Å²) in [5.41, 5.74) is 3.02. The minimum atomic E-state index is -0.0911. The topological polar surface area (TPSA) is 43.4 Å². The molecule has 3 saturated carbocycles. The number of hydrogen-bond donors (Lipinski definition) is 0. The lowest BCUT2D eigenvalue weighted by Crippen LogP contribution is -2.50. The van der Waals surface area contributed by atoms with Crippen LogP contribution in [0.5, 0.6) is 0 Å². The lowest BCUT2D eigenvalue weighted by Gasteiger charge is -2.58. The molecule has 1 aliphatic heterocycles. The van der Waals surface area contributed by atoms with E-state index in [1.54, 1.807) is 0 Å². The van der Waals surface area contributed by atoms with E-state index in [0.717, 1.165) is 49.0 Å². The second-order valence-corrected chi connectivity index (χ2v) is 11.1. The Hall–Kier alpha value is -1.38. The van der Waals surface area contributed by atoms with Gasteiger partial charge in [-0.15, -0.1) is 0 Å². The number of hydrogen-bond acceptors (Lipinski definition) is 3. The molecule has 29 heavy (non-hydrogen) atoms. The van der Waals surface area contributed by atoms with Gasteiger partial charge in [-0.25, -0.2) is 4.79 Å². The highest BCUT2D eigenvalue weighted by Crippen LogP contribution is 2.67. The van der Waals surface area contributed by atoms with E-state index in [1.165, 1.54) is 37.7 Å². The first-order valence-electron chi connectivity index (χ1n) is 11.9. The maximum atomic E-state index is 12.0. The van der Waals surface area contributed by atoms with Gasteiger partial charge in [-0.1, -0.05) is 32.4 Å². The Morgan fingerprint density at radius 3 is 2.62 bits per heavy atom. The summed E-state index contributed by atoms with van der Waals surface area (Å²) in [5, 5.41) is 0. The molecule has 1 saturated heterocycles. The van der Waals surface area contributed by atoms with Gasteiger partial charge in [0, 0.05) is 18.4 Å². The van der Waals surface area contributed by atoms with Crippen LogP contribution in [0.2, 0.25) is 0 Å². The number of esters is 1. The zero-order valence-electron chi connectivity index (χ0n) is 18.3. The molecule has 0 N–H and O–H groups in total. The first-order valence-corrected chi connectivity index (χ1v) is 11.9. The normalized spacial score (nSPS) is 46.6. The van der Waals surface area contributed by atoms with Crippen LogP contribution < -0.4 is 0 Å². The fourth-order valence-electron chi connectivity index (χ4n) is 8.50. The summed E-state index contributed by atoms with van der Waals surface area (Å²) >= 11 is 0. The van der Waals surface area contributed by atoms with Crippen LogP contribution in [0.15, 0.2) is 23.3 Å². The molecule has 3 unspecified atom stereocenters. The van der Waals surface area contributed by atoms with Gasteiger partial charge in [-0.05, 0) is 91.4 Å². The Balaban J connectivity index is 1.39. The van der Waals surface area contributed by atoms with Gasteiger partial charge < -0.3 is 4.74 Å². The van der Waals surface area contributed by atoms with Gasteiger partial charge in [-0.3, -0.25) is 4.79 Å². The van der Waals surface area contributed by atoms with E-state index >= 15 is 0 Å². The Kier molecular flexibility index (Phi) is 4.60. The van der Waals surface area contributed by atoms with Gasteiger partial charge in [0.1, 0.15) is 0 Å². The third kappa shape index (κ3) is 2.90. The highest BCUT2D eigenvalue weighted by Gasteiger charge is 2.59. The van der Waals surface area contributed by atoms with Crippen molar-refractivity contribution in [2.24, 2.45) is 40.4 Å². The summed E-state index contributed by atoms with van der Waals surface area (Å²) in [6, 6.07) is 0. The molecule has 4 fully saturated rings. The van der Waals surface area contributed by atoms with Crippen molar-refractivity contribution in [3.05, 3.63) is 23.3 Å². The Morgan fingerprint density at radius 1 is 1.03 bits per heavy atom. The zero-order chi connectivity index (χ0) is 20.4. The van der Waals surface area contributed by atoms with Crippen molar-refractivity contribution in [1.29, 1.82) is 0 Å². The average Bonchev–Trinajstić information content (AvgIpc) is 3.25. The lowest BCUT2D eigenvalue weighted by molar-refractivity contribution is -0.135. The molecule has 4 aliphatic carbocycles. The molecular formula is C26H36O3. The molecule has 0 aromatic heterocycles. The predicted octanol–water partition coefficient (Wildman–Crippen LogP) is 5.64. The number of rotatable bonds is 2. The quantitative estimate of drug-likeness (QED) is 0.448.